The van der Waals surface area contributed by atoms with Crippen molar-refractivity contribution in [3.8, 4) is 22.3 Å². The van der Waals surface area contributed by atoms with Crippen molar-refractivity contribution in [1.82, 2.24) is 0 Å². The van der Waals surface area contributed by atoms with Gasteiger partial charge in [0.05, 0.1) is 0 Å². The van der Waals surface area contributed by atoms with Gasteiger partial charge in [-0.1, -0.05) is 0 Å². The standard InChI is InChI=1S/2C19H19.C6H10.2ClH.Ti/c2*1-3-5-15-12-17-6-4-7-18(19(17)13-15)16-10-8-14(2)9-11-16;1-2-4-6-5-3-1;;;/h2*4,6-13H,3,5H2,1-2H3;1-2H,3-6H2;2*1H;/q;;;;;+2/p-2. The second-order valence-electron chi connectivity index (χ2n) is 14.7. The molecule has 0 amide bonds. The molecule has 4 unspecified atom stereocenters. The fraction of sp³-hybridized carbons (Fsp3) is 0.364. The minimum atomic E-state index is -2.64. The Labute approximate surface area is 299 Å². The zero-order valence-corrected chi connectivity index (χ0v) is 31.5. The maximum atomic E-state index is 2.71. The van der Waals surface area contributed by atoms with Crippen LogP contribution in [-0.4, -0.2) is 0 Å². The maximum Gasteiger partial charge on any atom is -1.00 e. The predicted molar refractivity (Wildman–Crippen MR) is 190 cm³/mol. The molecule has 0 bridgehead atoms. The zero-order valence-electron chi connectivity index (χ0n) is 28.5. The fourth-order valence-electron chi connectivity index (χ4n) is 10.3. The summed E-state index contributed by atoms with van der Waals surface area (Å²) in [7, 11) is 0. The fourth-order valence-corrected chi connectivity index (χ4v) is 24.5. The minimum absolute atomic E-state index is 0. The molecule has 0 spiro atoms. The molecule has 0 aromatic heterocycles. The van der Waals surface area contributed by atoms with Crippen LogP contribution in [0.4, 0.5) is 0 Å². The van der Waals surface area contributed by atoms with Gasteiger partial charge in [-0.15, -0.1) is 0 Å². The van der Waals surface area contributed by atoms with Crippen LogP contribution < -0.4 is 24.8 Å². The summed E-state index contributed by atoms with van der Waals surface area (Å²) < 4.78 is 3.38. The minimum Gasteiger partial charge on any atom is -1.00 e. The average Bonchev–Trinajstić information content (AvgIpc) is 3.33. The van der Waals surface area contributed by atoms with Gasteiger partial charge in [0.25, 0.3) is 0 Å². The van der Waals surface area contributed by atoms with Crippen LogP contribution in [0.25, 0.3) is 34.4 Å². The van der Waals surface area contributed by atoms with E-state index in [1.54, 1.807) is 33.4 Å². The van der Waals surface area contributed by atoms with Crippen LogP contribution in [0.1, 0.15) is 107 Å². The second kappa shape index (κ2) is 13.9. The van der Waals surface area contributed by atoms with Crippen LogP contribution in [-0.2, 0) is 16.6 Å². The summed E-state index contributed by atoms with van der Waals surface area (Å²) in [5.74, 6) is 0. The monoisotopic (exact) mass is 694 g/mol. The van der Waals surface area contributed by atoms with Gasteiger partial charge < -0.3 is 24.8 Å². The van der Waals surface area contributed by atoms with Gasteiger partial charge in [0.1, 0.15) is 0 Å². The summed E-state index contributed by atoms with van der Waals surface area (Å²) in [5, 5.41) is 0. The van der Waals surface area contributed by atoms with Crippen molar-refractivity contribution in [1.29, 1.82) is 0 Å². The Balaban J connectivity index is 0.00000193. The molecule has 0 nitrogen and oxygen atoms in total. The van der Waals surface area contributed by atoms with Crippen molar-refractivity contribution in [2.45, 2.75) is 96.0 Å². The van der Waals surface area contributed by atoms with E-state index in [1.807, 2.05) is 0 Å². The number of hydrogen-bond acceptors (Lipinski definition) is 0. The molecule has 4 atom stereocenters. The third kappa shape index (κ3) is 5.57. The first-order chi connectivity index (χ1) is 22.1. The zero-order chi connectivity index (χ0) is 30.7. The molecular formula is C44H48Cl2Ti. The van der Waals surface area contributed by atoms with Gasteiger partial charge in [0.2, 0.25) is 0 Å². The summed E-state index contributed by atoms with van der Waals surface area (Å²) in [6.07, 6.45) is 16.2. The Morgan fingerprint density at radius 2 is 0.957 bits per heavy atom. The molecule has 1 saturated heterocycles. The molecular weight excluding hydrogens is 647 g/mol. The van der Waals surface area contributed by atoms with E-state index in [2.05, 4.69) is 125 Å². The Morgan fingerprint density at radius 1 is 0.553 bits per heavy atom. The van der Waals surface area contributed by atoms with Crippen molar-refractivity contribution < 1.29 is 41.4 Å². The number of rotatable bonds is 8. The molecule has 4 aromatic rings. The van der Waals surface area contributed by atoms with Crippen LogP contribution in [0.2, 0.25) is 8.45 Å². The van der Waals surface area contributed by atoms with Crippen molar-refractivity contribution in [2.75, 3.05) is 0 Å². The molecule has 3 heteroatoms. The van der Waals surface area contributed by atoms with Gasteiger partial charge in [-0.2, -0.15) is 0 Å². The molecule has 1 aliphatic heterocycles. The molecule has 4 aliphatic rings. The van der Waals surface area contributed by atoms with E-state index in [1.165, 1.54) is 84.7 Å². The quantitative estimate of drug-likeness (QED) is 0.172. The SMILES string of the molecule is CCCC1=Cc2c(-c3ccc(C)cc3)cccc2[CH]1[Ti+2]1([CH]2C(CCC)=Cc3c(-c4ccc(C)cc4)cccc32)[CH]2CCCC[CH]21.[Cl-].[Cl-]. The van der Waals surface area contributed by atoms with Gasteiger partial charge in [0.15, 0.2) is 0 Å². The van der Waals surface area contributed by atoms with Crippen molar-refractivity contribution in [3.05, 3.63) is 129 Å². The van der Waals surface area contributed by atoms with Crippen molar-refractivity contribution in [2.24, 2.45) is 0 Å². The largest absolute Gasteiger partial charge is 1.00 e. The third-order valence-electron chi connectivity index (χ3n) is 12.0. The van der Waals surface area contributed by atoms with Crippen LogP contribution in [0, 0.1) is 13.8 Å². The molecule has 0 N–H and O–H groups in total. The maximum absolute atomic E-state index is 2.71. The number of allylic oxidation sites excluding steroid dienone is 2. The van der Waals surface area contributed by atoms with E-state index in [4.69, 9.17) is 0 Å². The summed E-state index contributed by atoms with van der Waals surface area (Å²) >= 11 is -2.64. The molecule has 242 valence electrons. The predicted octanol–water partition coefficient (Wildman–Crippen LogP) is 7.14. The van der Waals surface area contributed by atoms with Crippen LogP contribution >= 0.6 is 0 Å². The molecule has 3 aliphatic carbocycles. The van der Waals surface area contributed by atoms with Crippen LogP contribution in [0.5, 0.6) is 0 Å². The number of aryl methyl sites for hydroxylation is 2. The number of benzene rings is 4. The number of hydrogen-bond donors (Lipinski definition) is 0. The Kier molecular flexibility index (Phi) is 10.2. The number of halogens is 2. The first-order valence-electron chi connectivity index (χ1n) is 17.9. The Bertz CT molecular complexity index is 1680. The van der Waals surface area contributed by atoms with Gasteiger partial charge >= 0.3 is 276 Å². The first kappa shape index (κ1) is 34.5. The second-order valence-corrected chi connectivity index (χ2v) is 21.9. The summed E-state index contributed by atoms with van der Waals surface area (Å²) in [4.78, 5) is 0. The molecule has 2 fully saturated rings. The molecule has 0 radical (unpaired) electrons. The summed E-state index contributed by atoms with van der Waals surface area (Å²) in [6, 6.07) is 33.3. The average molecular weight is 696 g/mol. The van der Waals surface area contributed by atoms with Gasteiger partial charge in [0, 0.05) is 0 Å². The summed E-state index contributed by atoms with van der Waals surface area (Å²) in [6.45, 7) is 9.21. The van der Waals surface area contributed by atoms with Gasteiger partial charge in [-0.25, -0.2) is 0 Å². The smallest absolute Gasteiger partial charge is 1.00 e. The molecule has 8 rings (SSSR count). The van der Waals surface area contributed by atoms with E-state index in [0.717, 1.165) is 8.45 Å². The third-order valence-corrected chi connectivity index (χ3v) is 22.9. The molecule has 47 heavy (non-hydrogen) atoms. The summed E-state index contributed by atoms with van der Waals surface area (Å²) in [5.41, 5.74) is 18.4. The van der Waals surface area contributed by atoms with Crippen LogP contribution in [0.3, 0.4) is 0 Å². The molecule has 1 heterocycles. The van der Waals surface area contributed by atoms with Crippen molar-refractivity contribution in [3.63, 3.8) is 0 Å². The van der Waals surface area contributed by atoms with Gasteiger partial charge in [-0.05, 0) is 0 Å². The van der Waals surface area contributed by atoms with Crippen LogP contribution in [0.15, 0.2) is 96.1 Å². The molecule has 1 saturated carbocycles. The van der Waals surface area contributed by atoms with Crippen molar-refractivity contribution >= 4 is 12.2 Å². The number of fused-ring (bicyclic) bond motifs is 3. The first-order valence-corrected chi connectivity index (χ1v) is 21.5. The van der Waals surface area contributed by atoms with E-state index >= 15 is 0 Å². The van der Waals surface area contributed by atoms with E-state index in [9.17, 15) is 0 Å². The van der Waals surface area contributed by atoms with E-state index < -0.39 is 16.6 Å². The molecule has 4 aromatic carbocycles. The van der Waals surface area contributed by atoms with E-state index in [-0.39, 0.29) is 24.8 Å². The topological polar surface area (TPSA) is 0 Å². The Morgan fingerprint density at radius 3 is 1.34 bits per heavy atom. The van der Waals surface area contributed by atoms with Gasteiger partial charge in [-0.3, -0.25) is 0 Å². The normalized spacial score (nSPS) is 23.7. The van der Waals surface area contributed by atoms with E-state index in [0.29, 0.717) is 8.45 Å². The Hall–Kier alpha value is -2.35.